The third-order valence-corrected chi connectivity index (χ3v) is 8.14. The van der Waals surface area contributed by atoms with Gasteiger partial charge in [0.15, 0.2) is 11.9 Å². The van der Waals surface area contributed by atoms with Crippen LogP contribution in [0.1, 0.15) is 162 Å². The first-order valence-electron chi connectivity index (χ1n) is 18.5. The molecule has 0 aromatic rings. The molecule has 6 nitrogen and oxygen atoms in total. The lowest BCUT2D eigenvalue weighted by Crippen LogP contribution is -2.28. The summed E-state index contributed by atoms with van der Waals surface area (Å²) in [5.41, 5.74) is 0. The maximum atomic E-state index is 12.1. The molecule has 0 aliphatic carbocycles. The van der Waals surface area contributed by atoms with E-state index >= 15 is 0 Å². The van der Waals surface area contributed by atoms with Crippen LogP contribution >= 0.6 is 0 Å². The number of carbonyl (C=O) groups excluding carboxylic acids is 3. The van der Waals surface area contributed by atoms with Crippen LogP contribution in [-0.2, 0) is 23.9 Å². The third-order valence-electron chi connectivity index (χ3n) is 8.14. The molecule has 0 bridgehead atoms. The van der Waals surface area contributed by atoms with Crippen LogP contribution in [0.2, 0.25) is 0 Å². The Kier molecular flexibility index (Phi) is 32.1. The number of allylic oxidation sites excluding steroid dienone is 8. The van der Waals surface area contributed by atoms with Crippen LogP contribution in [0, 0.1) is 5.92 Å². The first kappa shape index (κ1) is 43.5. The number of unbranched alkanes of at least 4 members (excludes halogenated alkanes) is 12. The van der Waals surface area contributed by atoms with Crippen LogP contribution in [0.4, 0.5) is 0 Å². The molecule has 1 N–H and O–H groups in total. The van der Waals surface area contributed by atoms with E-state index in [1.807, 2.05) is 18.2 Å². The summed E-state index contributed by atoms with van der Waals surface area (Å²) in [4.78, 5) is 35.8. The molecule has 0 radical (unpaired) electrons. The first-order chi connectivity index (χ1) is 22.4. The zero-order valence-corrected chi connectivity index (χ0v) is 29.7. The lowest BCUT2D eigenvalue weighted by atomic mass is 9.99. The highest BCUT2D eigenvalue weighted by atomic mass is 16.6. The van der Waals surface area contributed by atoms with Gasteiger partial charge in [0.1, 0.15) is 6.61 Å². The van der Waals surface area contributed by atoms with Gasteiger partial charge in [-0.1, -0.05) is 147 Å². The molecular weight excluding hydrogens is 576 g/mol. The van der Waals surface area contributed by atoms with Crippen molar-refractivity contribution in [2.75, 3.05) is 13.2 Å². The fourth-order valence-corrected chi connectivity index (χ4v) is 4.89. The second kappa shape index (κ2) is 33.9. The summed E-state index contributed by atoms with van der Waals surface area (Å²) in [6.07, 6.45) is 37.2. The van der Waals surface area contributed by atoms with Crippen LogP contribution < -0.4 is 0 Å². The molecule has 1 unspecified atom stereocenters. The number of hydrogen-bond donors (Lipinski definition) is 1. The summed E-state index contributed by atoms with van der Waals surface area (Å²) in [6.45, 7) is 6.27. The van der Waals surface area contributed by atoms with E-state index in [4.69, 9.17) is 9.47 Å². The number of aliphatic hydroxyl groups excluding tert-OH is 1. The van der Waals surface area contributed by atoms with E-state index in [1.54, 1.807) is 6.08 Å². The van der Waals surface area contributed by atoms with Crippen molar-refractivity contribution in [2.45, 2.75) is 168 Å². The number of hydrogen-bond acceptors (Lipinski definition) is 6. The van der Waals surface area contributed by atoms with Crippen LogP contribution in [-0.4, -0.2) is 42.1 Å². The number of carbonyl (C=O) groups is 3. The fraction of sp³-hybridized carbons (Fsp3) is 0.725. The second-order valence-corrected chi connectivity index (χ2v) is 12.6. The Labute approximate surface area is 282 Å². The lowest BCUT2D eigenvalue weighted by molar-refractivity contribution is -0.161. The van der Waals surface area contributed by atoms with Gasteiger partial charge in [-0.2, -0.15) is 0 Å². The molecule has 0 spiro atoms. The molecular formula is C40H68O6. The standard InChI is InChI=1S/C40H68O6/c1-4-6-24-30-37(42)31-26-21-17-13-8-7-9-14-18-22-27-32-39(43)45-35-38(34-41)46-40(44)33-28-23-19-15-11-10-12-16-20-25-29-36(3)5-2/h7-8,14,17-18,21,26,31,36,38,41H,4-6,9-13,15-16,19-20,22-25,27-30,32-35H2,1-3H3/b8-7-,18-14-,21-17-,31-26+/t36?,38-/m0/s1. The SMILES string of the molecule is CCCCCC(=O)/C=C/C=C\C/C=C\C/C=C\CCCC(=O)OC[C@H](CO)OC(=O)CCCCCCCCCCCCC(C)CC. The van der Waals surface area contributed by atoms with E-state index in [2.05, 4.69) is 45.1 Å². The Hall–Kier alpha value is -2.47. The molecule has 264 valence electrons. The minimum absolute atomic E-state index is 0.112. The first-order valence-corrected chi connectivity index (χ1v) is 18.5. The summed E-state index contributed by atoms with van der Waals surface area (Å²) in [5, 5.41) is 9.52. The molecule has 0 rings (SSSR count). The quantitative estimate of drug-likeness (QED) is 0.0258. The topological polar surface area (TPSA) is 89.9 Å². The molecule has 2 atom stereocenters. The Morgan fingerprint density at radius 2 is 1.24 bits per heavy atom. The lowest BCUT2D eigenvalue weighted by Gasteiger charge is -2.15. The van der Waals surface area contributed by atoms with Gasteiger partial charge in [0.25, 0.3) is 0 Å². The maximum Gasteiger partial charge on any atom is 0.306 e. The van der Waals surface area contributed by atoms with E-state index in [9.17, 15) is 19.5 Å². The molecule has 0 fully saturated rings. The maximum absolute atomic E-state index is 12.1. The smallest absolute Gasteiger partial charge is 0.306 e. The number of ketones is 1. The van der Waals surface area contributed by atoms with Crippen molar-refractivity contribution in [3.63, 3.8) is 0 Å². The average molecular weight is 645 g/mol. The molecule has 0 amide bonds. The van der Waals surface area contributed by atoms with Crippen LogP contribution in [0.15, 0.2) is 48.6 Å². The number of rotatable bonds is 32. The van der Waals surface area contributed by atoms with Gasteiger partial charge in [0, 0.05) is 19.3 Å². The van der Waals surface area contributed by atoms with E-state index in [0.717, 1.165) is 63.7 Å². The fourth-order valence-electron chi connectivity index (χ4n) is 4.89. The predicted octanol–water partition coefficient (Wildman–Crippen LogP) is 10.5. The Morgan fingerprint density at radius 3 is 1.89 bits per heavy atom. The normalized spacial score (nSPS) is 13.3. The van der Waals surface area contributed by atoms with Crippen molar-refractivity contribution in [1.82, 2.24) is 0 Å². The van der Waals surface area contributed by atoms with Gasteiger partial charge >= 0.3 is 11.9 Å². The Morgan fingerprint density at radius 1 is 0.652 bits per heavy atom. The molecule has 0 aliphatic rings. The molecule has 46 heavy (non-hydrogen) atoms. The minimum atomic E-state index is -0.808. The summed E-state index contributed by atoms with van der Waals surface area (Å²) < 4.78 is 10.5. The van der Waals surface area contributed by atoms with Crippen LogP contribution in [0.5, 0.6) is 0 Å². The van der Waals surface area contributed by atoms with Crippen molar-refractivity contribution in [1.29, 1.82) is 0 Å². The van der Waals surface area contributed by atoms with Gasteiger partial charge in [0.2, 0.25) is 0 Å². The van der Waals surface area contributed by atoms with Gasteiger partial charge in [-0.25, -0.2) is 0 Å². The Bertz CT molecular complexity index is 856. The predicted molar refractivity (Wildman–Crippen MR) is 192 cm³/mol. The monoisotopic (exact) mass is 645 g/mol. The van der Waals surface area contributed by atoms with Gasteiger partial charge in [-0.05, 0) is 50.5 Å². The number of esters is 2. The van der Waals surface area contributed by atoms with E-state index in [1.165, 1.54) is 57.8 Å². The molecule has 6 heteroatoms. The molecule has 0 saturated heterocycles. The number of aliphatic hydroxyl groups is 1. The average Bonchev–Trinajstić information content (AvgIpc) is 3.05. The third kappa shape index (κ3) is 31.5. The highest BCUT2D eigenvalue weighted by Crippen LogP contribution is 2.15. The number of ether oxygens (including phenoxy) is 2. The zero-order valence-electron chi connectivity index (χ0n) is 29.7. The minimum Gasteiger partial charge on any atom is -0.462 e. The summed E-state index contributed by atoms with van der Waals surface area (Å²) >= 11 is 0. The van der Waals surface area contributed by atoms with Crippen molar-refractivity contribution >= 4 is 17.7 Å². The van der Waals surface area contributed by atoms with Crippen LogP contribution in [0.3, 0.4) is 0 Å². The van der Waals surface area contributed by atoms with E-state index in [0.29, 0.717) is 19.3 Å². The summed E-state index contributed by atoms with van der Waals surface area (Å²) in [7, 11) is 0. The van der Waals surface area contributed by atoms with Crippen molar-refractivity contribution in [3.8, 4) is 0 Å². The van der Waals surface area contributed by atoms with Crippen molar-refractivity contribution in [2.24, 2.45) is 5.92 Å². The zero-order chi connectivity index (χ0) is 33.9. The summed E-state index contributed by atoms with van der Waals surface area (Å²) in [6, 6.07) is 0. The van der Waals surface area contributed by atoms with Crippen LogP contribution in [0.25, 0.3) is 0 Å². The Balaban J connectivity index is 3.74. The largest absolute Gasteiger partial charge is 0.462 e. The van der Waals surface area contributed by atoms with Gasteiger partial charge in [0.05, 0.1) is 6.61 Å². The van der Waals surface area contributed by atoms with Crippen molar-refractivity contribution < 1.29 is 29.0 Å². The second-order valence-electron chi connectivity index (χ2n) is 12.6. The highest BCUT2D eigenvalue weighted by Gasteiger charge is 2.16. The molecule has 0 aliphatic heterocycles. The van der Waals surface area contributed by atoms with Gasteiger partial charge < -0.3 is 14.6 Å². The molecule has 0 aromatic carbocycles. The van der Waals surface area contributed by atoms with Crippen molar-refractivity contribution in [3.05, 3.63) is 48.6 Å². The molecule has 0 heterocycles. The molecule has 0 saturated carbocycles. The van der Waals surface area contributed by atoms with E-state index in [-0.39, 0.29) is 37.4 Å². The molecule has 0 aromatic heterocycles. The van der Waals surface area contributed by atoms with E-state index < -0.39 is 6.10 Å². The van der Waals surface area contributed by atoms with Gasteiger partial charge in [-0.15, -0.1) is 0 Å². The summed E-state index contributed by atoms with van der Waals surface area (Å²) in [5.74, 6) is 0.361. The van der Waals surface area contributed by atoms with Gasteiger partial charge in [-0.3, -0.25) is 14.4 Å². The highest BCUT2D eigenvalue weighted by molar-refractivity contribution is 5.89.